The van der Waals surface area contributed by atoms with Crippen LogP contribution in [0.1, 0.15) is 30.9 Å². The molecule has 0 aromatic heterocycles. The largest absolute Gasteiger partial charge is 0.383 e. The third-order valence-electron chi connectivity index (χ3n) is 5.78. The Morgan fingerprint density at radius 1 is 1.29 bits per heavy atom. The van der Waals surface area contributed by atoms with Crippen molar-refractivity contribution in [2.75, 3.05) is 46.9 Å². The van der Waals surface area contributed by atoms with E-state index in [0.717, 1.165) is 36.9 Å². The summed E-state index contributed by atoms with van der Waals surface area (Å²) < 4.78 is 33.2. The maximum atomic E-state index is 13.2. The van der Waals surface area contributed by atoms with Crippen molar-refractivity contribution in [3.8, 4) is 0 Å². The molecular weight excluding hydrogens is 378 g/mol. The molecule has 8 heteroatoms. The van der Waals surface area contributed by atoms with Gasteiger partial charge in [0.05, 0.1) is 18.0 Å². The highest BCUT2D eigenvalue weighted by molar-refractivity contribution is 7.89. The molecule has 1 aromatic rings. The van der Waals surface area contributed by atoms with Crippen LogP contribution in [0.3, 0.4) is 0 Å². The minimum atomic E-state index is -3.56. The fourth-order valence-corrected chi connectivity index (χ4v) is 5.70. The van der Waals surface area contributed by atoms with Crippen LogP contribution in [0.25, 0.3) is 0 Å². The molecule has 0 spiro atoms. The fourth-order valence-electron chi connectivity index (χ4n) is 3.97. The first-order chi connectivity index (χ1) is 13.4. The molecule has 0 radical (unpaired) electrons. The van der Waals surface area contributed by atoms with Crippen LogP contribution in [-0.4, -0.2) is 81.4 Å². The van der Waals surface area contributed by atoms with E-state index in [9.17, 15) is 13.2 Å². The number of carbonyl (C=O) groups excluding carboxylic acids is 1. The molecule has 0 saturated carbocycles. The molecule has 156 valence electrons. The van der Waals surface area contributed by atoms with E-state index < -0.39 is 10.0 Å². The van der Waals surface area contributed by atoms with Crippen molar-refractivity contribution < 1.29 is 17.9 Å². The molecule has 2 heterocycles. The minimum Gasteiger partial charge on any atom is -0.383 e. The smallest absolute Gasteiger partial charge is 0.243 e. The number of sulfonamides is 1. The first kappa shape index (κ1) is 21.2. The molecule has 2 aliphatic rings. The van der Waals surface area contributed by atoms with Crippen LogP contribution in [-0.2, 0) is 32.5 Å². The van der Waals surface area contributed by atoms with Gasteiger partial charge in [-0.15, -0.1) is 0 Å². The average Bonchev–Trinajstić information content (AvgIpc) is 3.16. The average molecular weight is 410 g/mol. The van der Waals surface area contributed by atoms with Crippen molar-refractivity contribution in [1.82, 2.24) is 14.1 Å². The number of hydrogen-bond donors (Lipinski definition) is 0. The molecule has 1 aromatic carbocycles. The molecule has 1 atom stereocenters. The van der Waals surface area contributed by atoms with Crippen molar-refractivity contribution in [3.05, 3.63) is 29.3 Å². The Kier molecular flexibility index (Phi) is 6.75. The summed E-state index contributed by atoms with van der Waals surface area (Å²) in [5.74, 6) is 0.0861. The Bertz CT molecular complexity index is 812. The Hall–Kier alpha value is -1.48. The van der Waals surface area contributed by atoms with Gasteiger partial charge in [0.25, 0.3) is 0 Å². The molecule has 1 amide bonds. The van der Waals surface area contributed by atoms with Gasteiger partial charge in [-0.05, 0) is 56.1 Å². The number of fused-ring (bicyclic) bond motifs is 1. The van der Waals surface area contributed by atoms with Crippen molar-refractivity contribution >= 4 is 15.9 Å². The predicted octanol–water partition coefficient (Wildman–Crippen LogP) is 1.32. The monoisotopic (exact) mass is 409 g/mol. The van der Waals surface area contributed by atoms with E-state index in [1.165, 1.54) is 0 Å². The highest BCUT2D eigenvalue weighted by atomic mass is 32.2. The van der Waals surface area contributed by atoms with Gasteiger partial charge in [0.2, 0.25) is 15.9 Å². The highest BCUT2D eigenvalue weighted by Gasteiger charge is 2.35. The first-order valence-corrected chi connectivity index (χ1v) is 11.4. The molecule has 0 aliphatic carbocycles. The maximum Gasteiger partial charge on any atom is 0.243 e. The molecule has 1 fully saturated rings. The molecule has 3 rings (SSSR count). The van der Waals surface area contributed by atoms with E-state index in [1.54, 1.807) is 23.5 Å². The van der Waals surface area contributed by atoms with Gasteiger partial charge < -0.3 is 9.64 Å². The van der Waals surface area contributed by atoms with Crippen LogP contribution in [0.15, 0.2) is 23.1 Å². The lowest BCUT2D eigenvalue weighted by Crippen LogP contribution is -2.42. The standard InChI is InChI=1S/C20H31N3O4S/c1-4-21(2)14-20(24)22-11-9-16-7-8-19(12-17(16)13-22)28(25,26)23-10-5-6-18(23)15-27-3/h7-8,12,18H,4-6,9-11,13-15H2,1-3H3. The fraction of sp³-hybridized carbons (Fsp3) is 0.650. The van der Waals surface area contributed by atoms with Crippen LogP contribution in [0.2, 0.25) is 0 Å². The molecule has 0 N–H and O–H groups in total. The number of methoxy groups -OCH3 is 1. The first-order valence-electron chi connectivity index (χ1n) is 9.95. The molecule has 2 aliphatic heterocycles. The summed E-state index contributed by atoms with van der Waals surface area (Å²) in [5, 5.41) is 0. The number of hydrogen-bond acceptors (Lipinski definition) is 5. The molecule has 0 bridgehead atoms. The summed E-state index contributed by atoms with van der Waals surface area (Å²) in [4.78, 5) is 16.6. The van der Waals surface area contributed by atoms with Gasteiger partial charge in [-0.25, -0.2) is 8.42 Å². The number of carbonyl (C=O) groups is 1. The summed E-state index contributed by atoms with van der Waals surface area (Å²) in [6, 6.07) is 5.27. The van der Waals surface area contributed by atoms with Gasteiger partial charge in [0.1, 0.15) is 0 Å². The van der Waals surface area contributed by atoms with E-state index in [1.807, 2.05) is 29.8 Å². The molecule has 28 heavy (non-hydrogen) atoms. The second-order valence-corrected chi connectivity index (χ2v) is 9.58. The summed E-state index contributed by atoms with van der Waals surface area (Å²) >= 11 is 0. The Balaban J connectivity index is 1.79. The van der Waals surface area contributed by atoms with Crippen molar-refractivity contribution in [2.45, 2.75) is 43.7 Å². The number of amides is 1. The maximum absolute atomic E-state index is 13.2. The number of rotatable bonds is 7. The lowest BCUT2D eigenvalue weighted by atomic mass is 10.00. The van der Waals surface area contributed by atoms with Crippen LogP contribution >= 0.6 is 0 Å². The number of nitrogens with zero attached hydrogens (tertiary/aromatic N) is 3. The van der Waals surface area contributed by atoms with Crippen LogP contribution < -0.4 is 0 Å². The van der Waals surface area contributed by atoms with Gasteiger partial charge >= 0.3 is 0 Å². The lowest BCUT2D eigenvalue weighted by Gasteiger charge is -2.31. The van der Waals surface area contributed by atoms with Crippen LogP contribution in [0.5, 0.6) is 0 Å². The molecule has 1 saturated heterocycles. The van der Waals surface area contributed by atoms with Crippen molar-refractivity contribution in [2.24, 2.45) is 0 Å². The zero-order chi connectivity index (χ0) is 20.3. The number of likely N-dealkylation sites (N-methyl/N-ethyl adjacent to an activating group) is 1. The molecule has 7 nitrogen and oxygen atoms in total. The minimum absolute atomic E-state index is 0.0861. The molecular formula is C20H31N3O4S. The van der Waals surface area contributed by atoms with E-state index in [4.69, 9.17) is 4.74 Å². The summed E-state index contributed by atoms with van der Waals surface area (Å²) in [6.45, 7) is 5.31. The van der Waals surface area contributed by atoms with E-state index in [2.05, 4.69) is 0 Å². The van der Waals surface area contributed by atoms with Crippen molar-refractivity contribution in [3.63, 3.8) is 0 Å². The Morgan fingerprint density at radius 2 is 2.07 bits per heavy atom. The lowest BCUT2D eigenvalue weighted by molar-refractivity contribution is -0.133. The number of benzene rings is 1. The van der Waals surface area contributed by atoms with Gasteiger partial charge in [0.15, 0.2) is 0 Å². The Labute approximate surface area is 168 Å². The topological polar surface area (TPSA) is 70.2 Å². The Morgan fingerprint density at radius 3 is 2.79 bits per heavy atom. The quantitative estimate of drug-likeness (QED) is 0.679. The molecule has 1 unspecified atom stereocenters. The highest BCUT2D eigenvalue weighted by Crippen LogP contribution is 2.29. The van der Waals surface area contributed by atoms with Gasteiger partial charge in [-0.2, -0.15) is 4.31 Å². The summed E-state index contributed by atoms with van der Waals surface area (Å²) in [5.41, 5.74) is 2.06. The normalized spacial score (nSPS) is 20.6. The summed E-state index contributed by atoms with van der Waals surface area (Å²) in [7, 11) is -0.0382. The third-order valence-corrected chi connectivity index (χ3v) is 7.72. The van der Waals surface area contributed by atoms with E-state index >= 15 is 0 Å². The second kappa shape index (κ2) is 8.90. The van der Waals surface area contributed by atoms with Crippen molar-refractivity contribution in [1.29, 1.82) is 0 Å². The third kappa shape index (κ3) is 4.40. The van der Waals surface area contributed by atoms with Gasteiger partial charge in [-0.1, -0.05) is 13.0 Å². The zero-order valence-electron chi connectivity index (χ0n) is 17.1. The van der Waals surface area contributed by atoms with Gasteiger partial charge in [0, 0.05) is 32.8 Å². The van der Waals surface area contributed by atoms with E-state index in [0.29, 0.717) is 37.7 Å². The van der Waals surface area contributed by atoms with Gasteiger partial charge in [-0.3, -0.25) is 9.69 Å². The van der Waals surface area contributed by atoms with Crippen LogP contribution in [0, 0.1) is 0 Å². The van der Waals surface area contributed by atoms with Crippen LogP contribution in [0.4, 0.5) is 0 Å². The number of ether oxygens (including phenoxy) is 1. The second-order valence-electron chi connectivity index (χ2n) is 7.69. The summed E-state index contributed by atoms with van der Waals surface area (Å²) in [6.07, 6.45) is 2.43. The SMILES string of the molecule is CCN(C)CC(=O)N1CCc2ccc(S(=O)(=O)N3CCCC3COC)cc2C1. The van der Waals surface area contributed by atoms with E-state index in [-0.39, 0.29) is 11.9 Å². The zero-order valence-corrected chi connectivity index (χ0v) is 17.9. The predicted molar refractivity (Wildman–Crippen MR) is 108 cm³/mol.